The first-order valence-corrected chi connectivity index (χ1v) is 7.71. The summed E-state index contributed by atoms with van der Waals surface area (Å²) < 4.78 is 29.4. The molecule has 0 heterocycles. The molecule has 1 aliphatic rings. The summed E-state index contributed by atoms with van der Waals surface area (Å²) in [6.45, 7) is 1.92. The zero-order chi connectivity index (χ0) is 12.2. The molecule has 0 saturated heterocycles. The quantitative estimate of drug-likeness (QED) is 0.792. The van der Waals surface area contributed by atoms with E-state index in [1.54, 1.807) is 7.11 Å². The van der Waals surface area contributed by atoms with Gasteiger partial charge in [0.1, 0.15) is 0 Å². The largest absolute Gasteiger partial charge is 0.381 e. The van der Waals surface area contributed by atoms with E-state index >= 15 is 0 Å². The summed E-state index contributed by atoms with van der Waals surface area (Å²) in [6.07, 6.45) is 4.12. The molecule has 1 fully saturated rings. The number of hydrogen-bond acceptors (Lipinski definition) is 4. The standard InChI is InChI=1S/C11H23NO3S/c1-3-9(12)8-16(13,14)11-6-4-5-10(7-11)15-2/h9-11H,3-8,12H2,1-2H3. The van der Waals surface area contributed by atoms with Crippen LogP contribution in [0.5, 0.6) is 0 Å². The highest BCUT2D eigenvalue weighted by molar-refractivity contribution is 7.92. The van der Waals surface area contributed by atoms with Gasteiger partial charge in [-0.05, 0) is 32.1 Å². The Morgan fingerprint density at radius 3 is 2.69 bits per heavy atom. The first kappa shape index (κ1) is 13.9. The van der Waals surface area contributed by atoms with Crippen LogP contribution in [0.15, 0.2) is 0 Å². The first-order chi connectivity index (χ1) is 7.49. The lowest BCUT2D eigenvalue weighted by atomic mass is 9.97. The second-order valence-electron chi connectivity index (χ2n) is 4.64. The number of rotatable bonds is 5. The van der Waals surface area contributed by atoms with Crippen LogP contribution in [0.3, 0.4) is 0 Å². The van der Waals surface area contributed by atoms with Gasteiger partial charge in [0.25, 0.3) is 0 Å². The van der Waals surface area contributed by atoms with E-state index in [0.29, 0.717) is 12.8 Å². The number of nitrogens with two attached hydrogens (primary N) is 1. The molecule has 16 heavy (non-hydrogen) atoms. The van der Waals surface area contributed by atoms with Crippen molar-refractivity contribution in [3.8, 4) is 0 Å². The first-order valence-electron chi connectivity index (χ1n) is 5.99. The van der Waals surface area contributed by atoms with Crippen molar-refractivity contribution in [1.29, 1.82) is 0 Å². The second-order valence-corrected chi connectivity index (χ2v) is 6.97. The third-order valence-corrected chi connectivity index (χ3v) is 5.73. The molecule has 1 aliphatic carbocycles. The Morgan fingerprint density at radius 1 is 1.44 bits per heavy atom. The maximum atomic E-state index is 12.1. The predicted molar refractivity (Wildman–Crippen MR) is 65.1 cm³/mol. The lowest BCUT2D eigenvalue weighted by Crippen LogP contribution is -2.38. The van der Waals surface area contributed by atoms with Crippen molar-refractivity contribution in [2.24, 2.45) is 5.73 Å². The fourth-order valence-electron chi connectivity index (χ4n) is 2.19. The topological polar surface area (TPSA) is 69.4 Å². The van der Waals surface area contributed by atoms with Crippen LogP contribution in [0.25, 0.3) is 0 Å². The monoisotopic (exact) mass is 249 g/mol. The minimum absolute atomic E-state index is 0.103. The van der Waals surface area contributed by atoms with Crippen LogP contribution in [0.2, 0.25) is 0 Å². The van der Waals surface area contributed by atoms with E-state index in [2.05, 4.69) is 0 Å². The van der Waals surface area contributed by atoms with Gasteiger partial charge in [-0.15, -0.1) is 0 Å². The van der Waals surface area contributed by atoms with Crippen molar-refractivity contribution < 1.29 is 13.2 Å². The number of sulfone groups is 1. The van der Waals surface area contributed by atoms with Crippen LogP contribution in [0.4, 0.5) is 0 Å². The molecule has 4 nitrogen and oxygen atoms in total. The highest BCUT2D eigenvalue weighted by Gasteiger charge is 2.32. The summed E-state index contributed by atoms with van der Waals surface area (Å²) in [5, 5.41) is -0.246. The van der Waals surface area contributed by atoms with Crippen molar-refractivity contribution in [3.63, 3.8) is 0 Å². The van der Waals surface area contributed by atoms with Gasteiger partial charge in [0.2, 0.25) is 0 Å². The zero-order valence-corrected chi connectivity index (χ0v) is 11.0. The maximum Gasteiger partial charge on any atom is 0.154 e. The maximum absolute atomic E-state index is 12.1. The van der Waals surface area contributed by atoms with Gasteiger partial charge >= 0.3 is 0 Å². The molecule has 5 heteroatoms. The van der Waals surface area contributed by atoms with Crippen LogP contribution in [0.1, 0.15) is 39.0 Å². The zero-order valence-electron chi connectivity index (χ0n) is 10.2. The van der Waals surface area contributed by atoms with E-state index in [9.17, 15) is 8.42 Å². The third kappa shape index (κ3) is 3.71. The van der Waals surface area contributed by atoms with Crippen LogP contribution in [-0.4, -0.2) is 38.7 Å². The summed E-state index contributed by atoms with van der Waals surface area (Å²) >= 11 is 0. The summed E-state index contributed by atoms with van der Waals surface area (Å²) in [6, 6.07) is -0.229. The van der Waals surface area contributed by atoms with Crippen LogP contribution in [0, 0.1) is 0 Å². The number of hydrogen-bond donors (Lipinski definition) is 1. The molecule has 0 aromatic rings. The van der Waals surface area contributed by atoms with Gasteiger partial charge in [0.15, 0.2) is 9.84 Å². The Morgan fingerprint density at radius 2 is 2.12 bits per heavy atom. The van der Waals surface area contributed by atoms with Gasteiger partial charge in [-0.2, -0.15) is 0 Å². The smallest absolute Gasteiger partial charge is 0.154 e. The van der Waals surface area contributed by atoms with Gasteiger partial charge in [-0.25, -0.2) is 8.42 Å². The molecule has 0 spiro atoms. The average molecular weight is 249 g/mol. The van der Waals surface area contributed by atoms with Crippen molar-refractivity contribution in [1.82, 2.24) is 0 Å². The van der Waals surface area contributed by atoms with Crippen LogP contribution < -0.4 is 5.73 Å². The normalized spacial score (nSPS) is 28.9. The van der Waals surface area contributed by atoms with E-state index in [0.717, 1.165) is 19.3 Å². The molecule has 0 aromatic carbocycles. The van der Waals surface area contributed by atoms with Crippen molar-refractivity contribution in [3.05, 3.63) is 0 Å². The molecule has 0 amide bonds. The van der Waals surface area contributed by atoms with E-state index in [-0.39, 0.29) is 23.1 Å². The summed E-state index contributed by atoms with van der Waals surface area (Å²) in [4.78, 5) is 0. The second kappa shape index (κ2) is 5.98. The molecule has 3 unspecified atom stereocenters. The molecule has 0 aromatic heterocycles. The third-order valence-electron chi connectivity index (χ3n) is 3.39. The predicted octanol–water partition coefficient (Wildman–Crippen LogP) is 1.10. The van der Waals surface area contributed by atoms with Crippen molar-refractivity contribution >= 4 is 9.84 Å². The Kier molecular flexibility index (Phi) is 5.21. The molecule has 1 rings (SSSR count). The summed E-state index contributed by atoms with van der Waals surface area (Å²) in [5.74, 6) is 0.116. The average Bonchev–Trinajstić information content (AvgIpc) is 2.28. The fourth-order valence-corrected chi connectivity index (χ4v) is 4.33. The van der Waals surface area contributed by atoms with Crippen molar-refractivity contribution in [2.45, 2.75) is 56.4 Å². The summed E-state index contributed by atoms with van der Waals surface area (Å²) in [5.41, 5.74) is 5.72. The lowest BCUT2D eigenvalue weighted by molar-refractivity contribution is 0.0720. The van der Waals surface area contributed by atoms with Gasteiger partial charge in [0.05, 0.1) is 17.1 Å². The highest BCUT2D eigenvalue weighted by atomic mass is 32.2. The van der Waals surface area contributed by atoms with Crippen molar-refractivity contribution in [2.75, 3.05) is 12.9 Å². The van der Waals surface area contributed by atoms with Crippen LogP contribution in [-0.2, 0) is 14.6 Å². The molecule has 1 saturated carbocycles. The van der Waals surface area contributed by atoms with Gasteiger partial charge in [-0.1, -0.05) is 6.92 Å². The molecule has 3 atom stereocenters. The fraction of sp³-hybridized carbons (Fsp3) is 1.00. The molecule has 96 valence electrons. The number of ether oxygens (including phenoxy) is 1. The minimum atomic E-state index is -3.04. The molecule has 0 radical (unpaired) electrons. The Hall–Kier alpha value is -0.130. The van der Waals surface area contributed by atoms with Crippen LogP contribution >= 0.6 is 0 Å². The van der Waals surface area contributed by atoms with Gasteiger partial charge in [-0.3, -0.25) is 0 Å². The van der Waals surface area contributed by atoms with Gasteiger partial charge < -0.3 is 10.5 Å². The minimum Gasteiger partial charge on any atom is -0.381 e. The molecular formula is C11H23NO3S. The molecule has 0 bridgehead atoms. The SMILES string of the molecule is CCC(N)CS(=O)(=O)C1CCCC(OC)C1. The molecular weight excluding hydrogens is 226 g/mol. The highest BCUT2D eigenvalue weighted by Crippen LogP contribution is 2.26. The Labute approximate surface area is 98.5 Å². The van der Waals surface area contributed by atoms with E-state index in [1.165, 1.54) is 0 Å². The van der Waals surface area contributed by atoms with E-state index in [4.69, 9.17) is 10.5 Å². The summed E-state index contributed by atoms with van der Waals surface area (Å²) in [7, 11) is -1.39. The molecule has 2 N–H and O–H groups in total. The van der Waals surface area contributed by atoms with Gasteiger partial charge in [0, 0.05) is 13.2 Å². The van der Waals surface area contributed by atoms with E-state index in [1.807, 2.05) is 6.92 Å². The van der Waals surface area contributed by atoms with E-state index < -0.39 is 9.84 Å². The number of methoxy groups -OCH3 is 1. The lowest BCUT2D eigenvalue weighted by Gasteiger charge is -2.28. The Balaban J connectivity index is 2.61. The Bertz CT molecular complexity index is 302. The molecule has 0 aliphatic heterocycles.